The van der Waals surface area contributed by atoms with Gasteiger partial charge in [0.1, 0.15) is 5.69 Å². The van der Waals surface area contributed by atoms with E-state index in [1.165, 1.54) is 18.2 Å². The van der Waals surface area contributed by atoms with Crippen LogP contribution in [0.1, 0.15) is 10.4 Å². The fraction of sp³-hybridized carbons (Fsp3) is 0.462. The highest BCUT2D eigenvalue weighted by molar-refractivity contribution is 5.90. The van der Waals surface area contributed by atoms with E-state index < -0.39 is 10.9 Å². The van der Waals surface area contributed by atoms with E-state index >= 15 is 0 Å². The second kappa shape index (κ2) is 8.18. The van der Waals surface area contributed by atoms with Gasteiger partial charge in [-0.2, -0.15) is 0 Å². The number of carbonyl (C=O) groups is 1. The van der Waals surface area contributed by atoms with Gasteiger partial charge in [-0.3, -0.25) is 10.1 Å². The number of rotatable bonds is 9. The molecule has 1 rings (SSSR count). The summed E-state index contributed by atoms with van der Waals surface area (Å²) in [6.45, 7) is 2.46. The summed E-state index contributed by atoms with van der Waals surface area (Å²) in [6, 6.07) is 3.69. The summed E-state index contributed by atoms with van der Waals surface area (Å²) in [6.07, 6.45) is 0. The number of hydrogen-bond donors (Lipinski definition) is 2. The smallest absolute Gasteiger partial charge is 0.335 e. The van der Waals surface area contributed by atoms with Gasteiger partial charge < -0.3 is 20.1 Å². The van der Waals surface area contributed by atoms with Crippen molar-refractivity contribution in [3.63, 3.8) is 0 Å². The molecule has 0 unspecified atom stereocenters. The lowest BCUT2D eigenvalue weighted by Gasteiger charge is -2.16. The minimum Gasteiger partial charge on any atom is -0.478 e. The molecule has 0 radical (unpaired) electrons. The molecule has 116 valence electrons. The van der Waals surface area contributed by atoms with Gasteiger partial charge in [0, 0.05) is 32.8 Å². The van der Waals surface area contributed by atoms with Gasteiger partial charge in [0.2, 0.25) is 0 Å². The van der Waals surface area contributed by atoms with Crippen LogP contribution in [0.4, 0.5) is 11.4 Å². The molecule has 0 atom stereocenters. The van der Waals surface area contributed by atoms with E-state index in [9.17, 15) is 14.9 Å². The van der Waals surface area contributed by atoms with Crippen LogP contribution < -0.4 is 5.32 Å². The maximum atomic E-state index is 10.9. The van der Waals surface area contributed by atoms with Crippen molar-refractivity contribution in [1.29, 1.82) is 0 Å². The highest BCUT2D eigenvalue weighted by Crippen LogP contribution is 2.25. The van der Waals surface area contributed by atoms with Crippen LogP contribution in [0.25, 0.3) is 0 Å². The monoisotopic (exact) mass is 297 g/mol. The number of nitro benzene ring substituents is 1. The molecule has 8 heteroatoms. The number of nitro groups is 1. The van der Waals surface area contributed by atoms with E-state index in [4.69, 9.17) is 9.84 Å². The molecule has 0 saturated carbocycles. The molecule has 0 aliphatic rings. The second-order valence-corrected chi connectivity index (χ2v) is 4.52. The molecule has 8 nitrogen and oxygen atoms in total. The fourth-order valence-electron chi connectivity index (χ4n) is 1.71. The topological polar surface area (TPSA) is 105 Å². The summed E-state index contributed by atoms with van der Waals surface area (Å²) >= 11 is 0. The Morgan fingerprint density at radius 2 is 2.19 bits per heavy atom. The first-order valence-electron chi connectivity index (χ1n) is 6.38. The minimum absolute atomic E-state index is 0.0100. The lowest BCUT2D eigenvalue weighted by atomic mass is 10.1. The number of nitrogens with one attached hydrogen (secondary N) is 1. The zero-order chi connectivity index (χ0) is 15.8. The predicted molar refractivity (Wildman–Crippen MR) is 77.9 cm³/mol. The zero-order valence-electron chi connectivity index (χ0n) is 12.0. The Kier molecular flexibility index (Phi) is 6.57. The van der Waals surface area contributed by atoms with E-state index in [1.807, 2.05) is 11.9 Å². The molecule has 0 heterocycles. The van der Waals surface area contributed by atoms with Crippen molar-refractivity contribution in [3.05, 3.63) is 33.9 Å². The van der Waals surface area contributed by atoms with E-state index in [-0.39, 0.29) is 16.9 Å². The molecule has 0 aromatic heterocycles. The quantitative estimate of drug-likeness (QED) is 0.522. The summed E-state index contributed by atoms with van der Waals surface area (Å²) in [7, 11) is 3.52. The number of likely N-dealkylation sites (N-methyl/N-ethyl adjacent to an activating group) is 1. The third kappa shape index (κ3) is 5.36. The first kappa shape index (κ1) is 16.9. The lowest BCUT2D eigenvalue weighted by Crippen LogP contribution is -2.28. The SMILES string of the molecule is COCCN(C)CCNc1cc(C(=O)O)ccc1[N+](=O)[O-]. The molecular formula is C13H19N3O5. The molecular weight excluding hydrogens is 278 g/mol. The number of benzene rings is 1. The summed E-state index contributed by atoms with van der Waals surface area (Å²) in [5, 5.41) is 22.8. The maximum absolute atomic E-state index is 10.9. The standard InChI is InChI=1S/C13H19N3O5/c1-15(7-8-21-2)6-5-14-11-9-10(13(17)18)3-4-12(11)16(19)20/h3-4,9,14H,5-8H2,1-2H3,(H,17,18). The number of methoxy groups -OCH3 is 1. The van der Waals surface area contributed by atoms with E-state index in [2.05, 4.69) is 5.32 Å². The summed E-state index contributed by atoms with van der Waals surface area (Å²) in [5.74, 6) is -1.12. The Bertz CT molecular complexity index is 507. The van der Waals surface area contributed by atoms with E-state index in [0.717, 1.165) is 6.54 Å². The average molecular weight is 297 g/mol. The molecule has 0 aliphatic carbocycles. The van der Waals surface area contributed by atoms with E-state index in [0.29, 0.717) is 19.7 Å². The number of nitrogens with zero attached hydrogens (tertiary/aromatic N) is 2. The molecule has 0 spiro atoms. The predicted octanol–water partition coefficient (Wildman–Crippen LogP) is 1.28. The maximum Gasteiger partial charge on any atom is 0.335 e. The third-order valence-electron chi connectivity index (χ3n) is 2.93. The number of anilines is 1. The number of aromatic carboxylic acids is 1. The highest BCUT2D eigenvalue weighted by atomic mass is 16.6. The van der Waals surface area contributed by atoms with Crippen molar-refractivity contribution in [2.24, 2.45) is 0 Å². The molecule has 0 fully saturated rings. The van der Waals surface area contributed by atoms with Gasteiger partial charge in [-0.05, 0) is 19.2 Å². The van der Waals surface area contributed by atoms with Crippen molar-refractivity contribution in [1.82, 2.24) is 4.90 Å². The molecule has 0 aliphatic heterocycles. The molecule has 0 amide bonds. The van der Waals surface area contributed by atoms with Gasteiger partial charge in [0.15, 0.2) is 0 Å². The van der Waals surface area contributed by atoms with Crippen LogP contribution in [0, 0.1) is 10.1 Å². The van der Waals surface area contributed by atoms with Crippen LogP contribution in [-0.4, -0.2) is 61.3 Å². The van der Waals surface area contributed by atoms with Gasteiger partial charge in [0.25, 0.3) is 5.69 Å². The first-order valence-corrected chi connectivity index (χ1v) is 6.38. The van der Waals surface area contributed by atoms with Gasteiger partial charge in [0.05, 0.1) is 17.1 Å². The molecule has 0 bridgehead atoms. The van der Waals surface area contributed by atoms with Gasteiger partial charge in [-0.1, -0.05) is 0 Å². The number of ether oxygens (including phenoxy) is 1. The van der Waals surface area contributed by atoms with Crippen molar-refractivity contribution >= 4 is 17.3 Å². The van der Waals surface area contributed by atoms with Crippen LogP contribution in [0.3, 0.4) is 0 Å². The summed E-state index contributed by atoms with van der Waals surface area (Å²) < 4.78 is 4.95. The van der Waals surface area contributed by atoms with Crippen LogP contribution in [0.15, 0.2) is 18.2 Å². The van der Waals surface area contributed by atoms with Gasteiger partial charge in [-0.15, -0.1) is 0 Å². The molecule has 1 aromatic rings. The second-order valence-electron chi connectivity index (χ2n) is 4.52. The highest BCUT2D eigenvalue weighted by Gasteiger charge is 2.16. The van der Waals surface area contributed by atoms with Gasteiger partial charge in [-0.25, -0.2) is 4.79 Å². The normalized spacial score (nSPS) is 10.6. The lowest BCUT2D eigenvalue weighted by molar-refractivity contribution is -0.384. The molecule has 1 aromatic carbocycles. The van der Waals surface area contributed by atoms with Crippen molar-refractivity contribution in [2.45, 2.75) is 0 Å². The van der Waals surface area contributed by atoms with Crippen LogP contribution in [-0.2, 0) is 4.74 Å². The van der Waals surface area contributed by atoms with Crippen LogP contribution in [0.5, 0.6) is 0 Å². The molecule has 21 heavy (non-hydrogen) atoms. The van der Waals surface area contributed by atoms with Crippen molar-refractivity contribution < 1.29 is 19.6 Å². The summed E-state index contributed by atoms with van der Waals surface area (Å²) in [5.41, 5.74) is 0.0791. The Morgan fingerprint density at radius 3 is 2.76 bits per heavy atom. The average Bonchev–Trinajstić information content (AvgIpc) is 2.44. The first-order chi connectivity index (χ1) is 9.95. The molecule has 0 saturated heterocycles. The summed E-state index contributed by atoms with van der Waals surface area (Å²) in [4.78, 5) is 23.3. The zero-order valence-corrected chi connectivity index (χ0v) is 12.0. The number of carboxylic acids is 1. The number of hydrogen-bond acceptors (Lipinski definition) is 6. The van der Waals surface area contributed by atoms with Crippen molar-refractivity contribution in [3.8, 4) is 0 Å². The number of carboxylic acid groups (broad SMARTS) is 1. The minimum atomic E-state index is -1.12. The van der Waals surface area contributed by atoms with E-state index in [1.54, 1.807) is 7.11 Å². The third-order valence-corrected chi connectivity index (χ3v) is 2.93. The fourth-order valence-corrected chi connectivity index (χ4v) is 1.71. The Hall–Kier alpha value is -2.19. The van der Waals surface area contributed by atoms with Crippen LogP contribution >= 0.6 is 0 Å². The Morgan fingerprint density at radius 1 is 1.48 bits per heavy atom. The van der Waals surface area contributed by atoms with Crippen LogP contribution in [0.2, 0.25) is 0 Å². The van der Waals surface area contributed by atoms with Gasteiger partial charge >= 0.3 is 5.97 Å². The largest absolute Gasteiger partial charge is 0.478 e. The van der Waals surface area contributed by atoms with Crippen molar-refractivity contribution in [2.75, 3.05) is 45.7 Å². The Balaban J connectivity index is 2.69. The Labute approximate surface area is 122 Å². The molecule has 2 N–H and O–H groups in total.